The van der Waals surface area contributed by atoms with Crippen LogP contribution in [0.3, 0.4) is 0 Å². The normalized spacial score (nSPS) is 33.6. The zero-order valence-electron chi connectivity index (χ0n) is 11.5. The van der Waals surface area contributed by atoms with Crippen LogP contribution >= 0.6 is 11.3 Å². The van der Waals surface area contributed by atoms with Gasteiger partial charge in [0.05, 0.1) is 0 Å². The molecule has 1 nitrogen and oxygen atoms in total. The molecule has 1 aromatic heterocycles. The second-order valence-electron chi connectivity index (χ2n) is 6.42. The van der Waals surface area contributed by atoms with Crippen molar-refractivity contribution in [3.05, 3.63) is 22.4 Å². The predicted molar refractivity (Wildman–Crippen MR) is 79.1 cm³/mol. The lowest BCUT2D eigenvalue weighted by Gasteiger charge is -2.31. The highest BCUT2D eigenvalue weighted by atomic mass is 32.1. The Morgan fingerprint density at radius 2 is 2.22 bits per heavy atom. The van der Waals surface area contributed by atoms with Crippen molar-refractivity contribution >= 4 is 11.3 Å². The first-order valence-corrected chi connectivity index (χ1v) is 8.42. The third-order valence-electron chi connectivity index (χ3n) is 4.87. The molecule has 1 heterocycles. The minimum atomic E-state index is 0.632. The Morgan fingerprint density at radius 1 is 1.39 bits per heavy atom. The quantitative estimate of drug-likeness (QED) is 0.730. The Labute approximate surface area is 115 Å². The van der Waals surface area contributed by atoms with E-state index in [2.05, 4.69) is 29.8 Å². The molecule has 1 aromatic rings. The Hall–Kier alpha value is -0.340. The summed E-state index contributed by atoms with van der Waals surface area (Å²) >= 11 is 1.92. The van der Waals surface area contributed by atoms with Crippen LogP contribution in [0.15, 0.2) is 17.5 Å². The minimum Gasteiger partial charge on any atom is -0.316 e. The third kappa shape index (κ3) is 2.80. The van der Waals surface area contributed by atoms with Gasteiger partial charge in [-0.3, -0.25) is 0 Å². The molecule has 2 saturated carbocycles. The van der Waals surface area contributed by atoms with E-state index in [1.165, 1.54) is 51.6 Å². The lowest BCUT2D eigenvalue weighted by molar-refractivity contribution is 0.231. The number of hydrogen-bond acceptors (Lipinski definition) is 2. The van der Waals surface area contributed by atoms with Gasteiger partial charge < -0.3 is 5.32 Å². The van der Waals surface area contributed by atoms with Crippen LogP contribution in [0.2, 0.25) is 0 Å². The smallest absolute Gasteiger partial charge is 0.00454 e. The molecule has 0 saturated heterocycles. The topological polar surface area (TPSA) is 12.0 Å². The lowest BCUT2D eigenvalue weighted by Crippen LogP contribution is -2.34. The fourth-order valence-corrected chi connectivity index (χ4v) is 4.53. The van der Waals surface area contributed by atoms with E-state index < -0.39 is 0 Å². The highest BCUT2D eigenvalue weighted by molar-refractivity contribution is 7.09. The van der Waals surface area contributed by atoms with Crippen molar-refractivity contribution < 1.29 is 0 Å². The summed E-state index contributed by atoms with van der Waals surface area (Å²) in [4.78, 5) is 1.57. The predicted octanol–water partition coefficient (Wildman–Crippen LogP) is 4.10. The molecule has 0 aliphatic heterocycles. The molecule has 2 aliphatic carbocycles. The van der Waals surface area contributed by atoms with Crippen molar-refractivity contribution in [2.24, 2.45) is 17.3 Å². The monoisotopic (exact) mass is 263 g/mol. The Balaban J connectivity index is 1.55. The summed E-state index contributed by atoms with van der Waals surface area (Å²) in [6.45, 7) is 4.72. The standard InChI is InChI=1S/C16H25NS/c1-2-7-17-12-16(10-13-9-14(13)11-16)6-5-15-4-3-8-18-15/h3-4,8,13-14,17H,2,5-7,9-12H2,1H3. The highest BCUT2D eigenvalue weighted by Gasteiger charge is 2.52. The molecule has 2 heteroatoms. The molecule has 3 rings (SSSR count). The summed E-state index contributed by atoms with van der Waals surface area (Å²) in [5, 5.41) is 5.90. The maximum Gasteiger partial charge on any atom is 0.00454 e. The molecule has 100 valence electrons. The molecule has 2 aliphatic rings. The van der Waals surface area contributed by atoms with Crippen molar-refractivity contribution in [3.8, 4) is 0 Å². The number of rotatable bonds is 7. The van der Waals surface area contributed by atoms with Gasteiger partial charge in [-0.25, -0.2) is 0 Å². The van der Waals surface area contributed by atoms with E-state index in [-0.39, 0.29) is 0 Å². The lowest BCUT2D eigenvalue weighted by atomic mass is 9.78. The first-order chi connectivity index (χ1) is 8.81. The van der Waals surface area contributed by atoms with Gasteiger partial charge in [0.25, 0.3) is 0 Å². The first-order valence-electron chi connectivity index (χ1n) is 7.54. The molecular formula is C16H25NS. The van der Waals surface area contributed by atoms with Crippen LogP contribution in [-0.2, 0) is 6.42 Å². The van der Waals surface area contributed by atoms with Crippen molar-refractivity contribution in [2.45, 2.75) is 45.4 Å². The molecule has 0 radical (unpaired) electrons. The molecule has 2 atom stereocenters. The summed E-state index contributed by atoms with van der Waals surface area (Å²) in [5.41, 5.74) is 0.632. The zero-order chi connectivity index (χ0) is 12.4. The summed E-state index contributed by atoms with van der Waals surface area (Å²) in [7, 11) is 0. The number of thiophene rings is 1. The third-order valence-corrected chi connectivity index (χ3v) is 5.80. The van der Waals surface area contributed by atoms with E-state index in [0.29, 0.717) is 5.41 Å². The first kappa shape index (κ1) is 12.7. The Bertz CT molecular complexity index is 360. The van der Waals surface area contributed by atoms with Gasteiger partial charge in [0.15, 0.2) is 0 Å². The van der Waals surface area contributed by atoms with Crippen LogP contribution in [0.5, 0.6) is 0 Å². The maximum absolute atomic E-state index is 3.69. The van der Waals surface area contributed by atoms with Gasteiger partial charge in [-0.15, -0.1) is 11.3 Å². The number of nitrogens with one attached hydrogen (secondary N) is 1. The molecule has 0 amide bonds. The maximum atomic E-state index is 3.69. The molecule has 0 aromatic carbocycles. The molecule has 0 spiro atoms. The zero-order valence-corrected chi connectivity index (χ0v) is 12.3. The van der Waals surface area contributed by atoms with Gasteiger partial charge in [-0.1, -0.05) is 13.0 Å². The molecule has 2 unspecified atom stereocenters. The average Bonchev–Trinajstić information content (AvgIpc) is 2.84. The SMILES string of the molecule is CCCNCC1(CCc2cccs2)CC2CC2C1. The van der Waals surface area contributed by atoms with Gasteiger partial charge in [0, 0.05) is 11.4 Å². The van der Waals surface area contributed by atoms with Crippen LogP contribution in [0, 0.1) is 17.3 Å². The largest absolute Gasteiger partial charge is 0.316 e. The molecule has 18 heavy (non-hydrogen) atoms. The summed E-state index contributed by atoms with van der Waals surface area (Å²) in [6.07, 6.45) is 8.49. The highest BCUT2D eigenvalue weighted by Crippen LogP contribution is 2.61. The molecular weight excluding hydrogens is 238 g/mol. The molecule has 0 bridgehead atoms. The van der Waals surface area contributed by atoms with Gasteiger partial charge in [-0.05, 0) is 73.8 Å². The summed E-state index contributed by atoms with van der Waals surface area (Å²) in [5.74, 6) is 2.19. The van der Waals surface area contributed by atoms with Crippen molar-refractivity contribution in [3.63, 3.8) is 0 Å². The van der Waals surface area contributed by atoms with Crippen molar-refractivity contribution in [1.29, 1.82) is 0 Å². The minimum absolute atomic E-state index is 0.632. The van der Waals surface area contributed by atoms with Gasteiger partial charge in [0.1, 0.15) is 0 Å². The number of hydrogen-bond donors (Lipinski definition) is 1. The van der Waals surface area contributed by atoms with Crippen molar-refractivity contribution in [2.75, 3.05) is 13.1 Å². The van der Waals surface area contributed by atoms with Crippen LogP contribution in [-0.4, -0.2) is 13.1 Å². The summed E-state index contributed by atoms with van der Waals surface area (Å²) < 4.78 is 0. The molecule has 1 N–H and O–H groups in total. The van der Waals surface area contributed by atoms with Crippen LogP contribution in [0.1, 0.15) is 43.9 Å². The Morgan fingerprint density at radius 3 is 2.89 bits per heavy atom. The van der Waals surface area contributed by atoms with Gasteiger partial charge in [-0.2, -0.15) is 0 Å². The average molecular weight is 263 g/mol. The number of aryl methyl sites for hydroxylation is 1. The van der Waals surface area contributed by atoms with Crippen molar-refractivity contribution in [1.82, 2.24) is 5.32 Å². The van der Waals surface area contributed by atoms with E-state index in [9.17, 15) is 0 Å². The van der Waals surface area contributed by atoms with Crippen LogP contribution in [0.4, 0.5) is 0 Å². The second-order valence-corrected chi connectivity index (χ2v) is 7.45. The Kier molecular flexibility index (Phi) is 3.76. The fraction of sp³-hybridized carbons (Fsp3) is 0.750. The molecule has 2 fully saturated rings. The van der Waals surface area contributed by atoms with E-state index in [1.54, 1.807) is 4.88 Å². The summed E-state index contributed by atoms with van der Waals surface area (Å²) in [6, 6.07) is 4.49. The van der Waals surface area contributed by atoms with Gasteiger partial charge >= 0.3 is 0 Å². The van der Waals surface area contributed by atoms with E-state index >= 15 is 0 Å². The van der Waals surface area contributed by atoms with Crippen LogP contribution in [0.25, 0.3) is 0 Å². The second kappa shape index (κ2) is 5.34. The van der Waals surface area contributed by atoms with E-state index in [1.807, 2.05) is 11.3 Å². The van der Waals surface area contributed by atoms with E-state index in [4.69, 9.17) is 0 Å². The number of fused-ring (bicyclic) bond motifs is 1. The van der Waals surface area contributed by atoms with Gasteiger partial charge in [0.2, 0.25) is 0 Å². The van der Waals surface area contributed by atoms with Crippen LogP contribution < -0.4 is 5.32 Å². The fourth-order valence-electron chi connectivity index (χ4n) is 3.82. The van der Waals surface area contributed by atoms with E-state index in [0.717, 1.165) is 11.8 Å².